The van der Waals surface area contributed by atoms with Gasteiger partial charge >= 0.3 is 0 Å². The lowest BCUT2D eigenvalue weighted by Crippen LogP contribution is -2.35. The van der Waals surface area contributed by atoms with Crippen LogP contribution in [0.1, 0.15) is 32.5 Å². The van der Waals surface area contributed by atoms with Crippen molar-refractivity contribution in [1.82, 2.24) is 9.55 Å². The Kier molecular flexibility index (Phi) is 3.15. The van der Waals surface area contributed by atoms with Gasteiger partial charge in [-0.05, 0) is 31.5 Å². The number of hydrogen-bond acceptors (Lipinski definition) is 2. The molecule has 0 aliphatic heterocycles. The van der Waals surface area contributed by atoms with Crippen molar-refractivity contribution >= 4 is 22.6 Å². The summed E-state index contributed by atoms with van der Waals surface area (Å²) in [6.07, 6.45) is 1.95. The fourth-order valence-electron chi connectivity index (χ4n) is 2.30. The normalized spacial score (nSPS) is 15.1. The molecular formula is C13H18ClN3. The lowest BCUT2D eigenvalue weighted by atomic mass is 9.97. The molecule has 0 spiro atoms. The smallest absolute Gasteiger partial charge is 0.129 e. The Balaban J connectivity index is 2.60. The molecule has 0 aliphatic carbocycles. The van der Waals surface area contributed by atoms with Crippen molar-refractivity contribution in [1.29, 1.82) is 0 Å². The van der Waals surface area contributed by atoms with E-state index in [2.05, 4.69) is 11.9 Å². The standard InChI is InChI=1S/C13H18ClN3/c1-4-7-13(2,15)12-16-10-6-5-9(14)8-11(10)17(12)3/h5-6,8H,4,7,15H2,1-3H3. The lowest BCUT2D eigenvalue weighted by Gasteiger charge is -2.23. The second-order valence-corrected chi connectivity index (χ2v) is 5.23. The van der Waals surface area contributed by atoms with Crippen LogP contribution in [-0.4, -0.2) is 9.55 Å². The number of nitrogens with two attached hydrogens (primary N) is 1. The van der Waals surface area contributed by atoms with Crippen LogP contribution in [0.25, 0.3) is 11.0 Å². The Bertz CT molecular complexity index is 543. The van der Waals surface area contributed by atoms with Crippen molar-refractivity contribution in [3.8, 4) is 0 Å². The lowest BCUT2D eigenvalue weighted by molar-refractivity contribution is 0.410. The van der Waals surface area contributed by atoms with E-state index in [0.29, 0.717) is 0 Å². The first-order chi connectivity index (χ1) is 7.95. The van der Waals surface area contributed by atoms with E-state index in [4.69, 9.17) is 17.3 Å². The van der Waals surface area contributed by atoms with E-state index in [1.54, 1.807) is 0 Å². The van der Waals surface area contributed by atoms with Crippen LogP contribution in [-0.2, 0) is 12.6 Å². The predicted molar refractivity (Wildman–Crippen MR) is 72.2 cm³/mol. The minimum atomic E-state index is -0.394. The highest BCUT2D eigenvalue weighted by Crippen LogP contribution is 2.27. The molecule has 0 saturated heterocycles. The highest BCUT2D eigenvalue weighted by molar-refractivity contribution is 6.31. The summed E-state index contributed by atoms with van der Waals surface area (Å²) in [6.45, 7) is 4.16. The van der Waals surface area contributed by atoms with E-state index < -0.39 is 5.54 Å². The molecule has 0 saturated carbocycles. The van der Waals surface area contributed by atoms with Crippen LogP contribution in [0.4, 0.5) is 0 Å². The molecule has 1 unspecified atom stereocenters. The third-order valence-corrected chi connectivity index (χ3v) is 3.36. The summed E-state index contributed by atoms with van der Waals surface area (Å²) >= 11 is 6.00. The summed E-state index contributed by atoms with van der Waals surface area (Å²) in [6, 6.07) is 5.72. The Morgan fingerprint density at radius 3 is 2.82 bits per heavy atom. The van der Waals surface area contributed by atoms with E-state index >= 15 is 0 Å². The third kappa shape index (κ3) is 2.17. The topological polar surface area (TPSA) is 43.8 Å². The summed E-state index contributed by atoms with van der Waals surface area (Å²) in [5.74, 6) is 0.914. The van der Waals surface area contributed by atoms with Gasteiger partial charge in [-0.3, -0.25) is 0 Å². The zero-order valence-electron chi connectivity index (χ0n) is 10.5. The third-order valence-electron chi connectivity index (χ3n) is 3.12. The first-order valence-electron chi connectivity index (χ1n) is 5.87. The monoisotopic (exact) mass is 251 g/mol. The molecule has 92 valence electrons. The number of halogens is 1. The van der Waals surface area contributed by atoms with Crippen LogP contribution < -0.4 is 5.73 Å². The number of imidazole rings is 1. The molecule has 1 aromatic carbocycles. The van der Waals surface area contributed by atoms with Crippen molar-refractivity contribution in [3.05, 3.63) is 29.0 Å². The van der Waals surface area contributed by atoms with Crippen molar-refractivity contribution in [2.24, 2.45) is 12.8 Å². The van der Waals surface area contributed by atoms with E-state index in [9.17, 15) is 0 Å². The fraction of sp³-hybridized carbons (Fsp3) is 0.462. The summed E-state index contributed by atoms with van der Waals surface area (Å²) in [7, 11) is 1.99. The average Bonchev–Trinajstić information content (AvgIpc) is 2.57. The summed E-state index contributed by atoms with van der Waals surface area (Å²) in [4.78, 5) is 4.62. The van der Waals surface area contributed by atoms with Crippen LogP contribution >= 0.6 is 11.6 Å². The van der Waals surface area contributed by atoms with Gasteiger partial charge in [-0.25, -0.2) is 4.98 Å². The highest BCUT2D eigenvalue weighted by atomic mass is 35.5. The van der Waals surface area contributed by atoms with Crippen molar-refractivity contribution in [3.63, 3.8) is 0 Å². The SMILES string of the molecule is CCCC(C)(N)c1nc2ccc(Cl)cc2n1C. The van der Waals surface area contributed by atoms with Crippen molar-refractivity contribution in [2.45, 2.75) is 32.2 Å². The molecule has 3 nitrogen and oxygen atoms in total. The molecule has 4 heteroatoms. The number of aryl methyl sites for hydroxylation is 1. The maximum Gasteiger partial charge on any atom is 0.129 e. The van der Waals surface area contributed by atoms with Gasteiger partial charge in [-0.2, -0.15) is 0 Å². The van der Waals surface area contributed by atoms with Gasteiger partial charge in [-0.15, -0.1) is 0 Å². The average molecular weight is 252 g/mol. The Labute approximate surface area is 107 Å². The number of fused-ring (bicyclic) bond motifs is 1. The van der Waals surface area contributed by atoms with Gasteiger partial charge in [0.15, 0.2) is 0 Å². The number of hydrogen-bond donors (Lipinski definition) is 1. The Hall–Kier alpha value is -1.06. The van der Waals surface area contributed by atoms with Gasteiger partial charge in [-0.1, -0.05) is 24.9 Å². The first-order valence-corrected chi connectivity index (χ1v) is 6.25. The minimum absolute atomic E-state index is 0.394. The second kappa shape index (κ2) is 4.31. The Morgan fingerprint density at radius 1 is 1.47 bits per heavy atom. The maximum atomic E-state index is 6.33. The van der Waals surface area contributed by atoms with E-state index in [1.165, 1.54) is 0 Å². The van der Waals surface area contributed by atoms with Crippen LogP contribution in [0, 0.1) is 0 Å². The summed E-state index contributed by atoms with van der Waals surface area (Å²) < 4.78 is 2.04. The first kappa shape index (κ1) is 12.4. The quantitative estimate of drug-likeness (QED) is 0.911. The van der Waals surface area contributed by atoms with Gasteiger partial charge in [0, 0.05) is 12.1 Å². The zero-order chi connectivity index (χ0) is 12.6. The van der Waals surface area contributed by atoms with E-state index in [-0.39, 0.29) is 0 Å². The Morgan fingerprint density at radius 2 is 2.18 bits per heavy atom. The molecule has 0 bridgehead atoms. The molecular weight excluding hydrogens is 234 g/mol. The predicted octanol–water partition coefficient (Wildman–Crippen LogP) is 3.20. The van der Waals surface area contributed by atoms with Crippen LogP contribution in [0.3, 0.4) is 0 Å². The maximum absolute atomic E-state index is 6.33. The molecule has 0 radical (unpaired) electrons. The van der Waals surface area contributed by atoms with E-state index in [1.807, 2.05) is 36.7 Å². The molecule has 0 aliphatic rings. The van der Waals surface area contributed by atoms with Gasteiger partial charge < -0.3 is 10.3 Å². The zero-order valence-corrected chi connectivity index (χ0v) is 11.3. The molecule has 17 heavy (non-hydrogen) atoms. The summed E-state index contributed by atoms with van der Waals surface area (Å²) in [5.41, 5.74) is 7.91. The fourth-order valence-corrected chi connectivity index (χ4v) is 2.47. The molecule has 0 amide bonds. The largest absolute Gasteiger partial charge is 0.330 e. The number of aromatic nitrogens is 2. The molecule has 1 heterocycles. The summed E-state index contributed by atoms with van der Waals surface area (Å²) in [5, 5.41) is 0.723. The molecule has 2 N–H and O–H groups in total. The van der Waals surface area contributed by atoms with Gasteiger partial charge in [0.2, 0.25) is 0 Å². The van der Waals surface area contributed by atoms with Crippen LogP contribution in [0.2, 0.25) is 5.02 Å². The highest BCUT2D eigenvalue weighted by Gasteiger charge is 2.26. The van der Waals surface area contributed by atoms with Crippen LogP contribution in [0.15, 0.2) is 18.2 Å². The van der Waals surface area contributed by atoms with Crippen molar-refractivity contribution in [2.75, 3.05) is 0 Å². The van der Waals surface area contributed by atoms with Crippen LogP contribution in [0.5, 0.6) is 0 Å². The molecule has 0 fully saturated rings. The molecule has 1 aromatic heterocycles. The van der Waals surface area contributed by atoms with E-state index in [0.717, 1.165) is 34.7 Å². The molecule has 2 aromatic rings. The van der Waals surface area contributed by atoms with Gasteiger partial charge in [0.1, 0.15) is 5.82 Å². The van der Waals surface area contributed by atoms with Gasteiger partial charge in [0.05, 0.1) is 16.6 Å². The van der Waals surface area contributed by atoms with Gasteiger partial charge in [0.25, 0.3) is 0 Å². The van der Waals surface area contributed by atoms with Crippen molar-refractivity contribution < 1.29 is 0 Å². The number of nitrogens with zero attached hydrogens (tertiary/aromatic N) is 2. The second-order valence-electron chi connectivity index (χ2n) is 4.79. The minimum Gasteiger partial charge on any atom is -0.330 e. The molecule has 1 atom stereocenters. The number of rotatable bonds is 3. The molecule has 2 rings (SSSR count). The number of benzene rings is 1.